The Morgan fingerprint density at radius 1 is 0.515 bits per heavy atom. The minimum absolute atomic E-state index is 0.0576. The monoisotopic (exact) mass is 445 g/mol. The number of rotatable bonds is 2. The SMILES string of the molecule is CC(C)(C)c1cc(-c2cn(-c3cc(C(C)(C)C)cc(C(C)(C)C)c3)nn2)cc(C(C)(C)C)c1. The van der Waals surface area contributed by atoms with Crippen LogP contribution in [0, 0.1) is 0 Å². The zero-order valence-electron chi connectivity index (χ0n) is 22.9. The van der Waals surface area contributed by atoms with Gasteiger partial charge in [0.05, 0.1) is 11.9 Å². The Bertz CT molecular complexity index is 982. The molecule has 0 spiro atoms. The second kappa shape index (κ2) is 8.11. The van der Waals surface area contributed by atoms with Gasteiger partial charge in [0.15, 0.2) is 0 Å². The van der Waals surface area contributed by atoms with Crippen LogP contribution in [0.5, 0.6) is 0 Å². The number of benzene rings is 2. The number of nitrogens with zero attached hydrogens (tertiary/aromatic N) is 3. The van der Waals surface area contributed by atoms with Crippen molar-refractivity contribution in [3.8, 4) is 16.9 Å². The van der Waals surface area contributed by atoms with Crippen LogP contribution >= 0.6 is 0 Å². The highest BCUT2D eigenvalue weighted by Crippen LogP contribution is 2.34. The van der Waals surface area contributed by atoms with E-state index in [4.69, 9.17) is 0 Å². The van der Waals surface area contributed by atoms with E-state index in [0.29, 0.717) is 0 Å². The molecule has 3 nitrogen and oxygen atoms in total. The van der Waals surface area contributed by atoms with Crippen molar-refractivity contribution in [3.05, 3.63) is 64.8 Å². The third-order valence-corrected chi connectivity index (χ3v) is 6.37. The van der Waals surface area contributed by atoms with Gasteiger partial charge in [0.2, 0.25) is 0 Å². The van der Waals surface area contributed by atoms with Crippen LogP contribution in [0.15, 0.2) is 42.6 Å². The van der Waals surface area contributed by atoms with Gasteiger partial charge >= 0.3 is 0 Å². The summed E-state index contributed by atoms with van der Waals surface area (Å²) in [6.45, 7) is 27.2. The van der Waals surface area contributed by atoms with Gasteiger partial charge in [-0.2, -0.15) is 0 Å². The van der Waals surface area contributed by atoms with Gasteiger partial charge in [0, 0.05) is 5.56 Å². The summed E-state index contributed by atoms with van der Waals surface area (Å²) >= 11 is 0. The van der Waals surface area contributed by atoms with Crippen molar-refractivity contribution < 1.29 is 0 Å². The van der Waals surface area contributed by atoms with Gasteiger partial charge in [-0.1, -0.05) is 100 Å². The molecule has 3 aromatic rings. The standard InChI is InChI=1S/C30H43N3/c1-27(2,3)21-13-20(14-22(15-21)28(4,5)6)26-19-33(32-31-26)25-17-23(29(7,8)9)16-24(18-25)30(10,11)12/h13-19H,1-12H3. The molecule has 2 aromatic carbocycles. The Morgan fingerprint density at radius 3 is 1.24 bits per heavy atom. The highest BCUT2D eigenvalue weighted by molar-refractivity contribution is 5.62. The van der Waals surface area contributed by atoms with E-state index in [-0.39, 0.29) is 21.7 Å². The second-order valence-corrected chi connectivity index (χ2v) is 13.6. The normalized spacial score (nSPS) is 13.5. The van der Waals surface area contributed by atoms with Crippen LogP contribution in [0.2, 0.25) is 0 Å². The van der Waals surface area contributed by atoms with E-state index < -0.39 is 0 Å². The van der Waals surface area contributed by atoms with Crippen LogP contribution < -0.4 is 0 Å². The molecule has 3 rings (SSSR count). The molecule has 0 aliphatic carbocycles. The fourth-order valence-electron chi connectivity index (χ4n) is 3.77. The molecule has 3 heteroatoms. The third-order valence-electron chi connectivity index (χ3n) is 6.37. The summed E-state index contributed by atoms with van der Waals surface area (Å²) in [6, 6.07) is 13.7. The van der Waals surface area contributed by atoms with E-state index in [9.17, 15) is 0 Å². The molecule has 0 amide bonds. The highest BCUT2D eigenvalue weighted by Gasteiger charge is 2.23. The Hall–Kier alpha value is -2.42. The Balaban J connectivity index is 2.15. The molecule has 0 unspecified atom stereocenters. The summed E-state index contributed by atoms with van der Waals surface area (Å²) in [7, 11) is 0. The van der Waals surface area contributed by atoms with E-state index in [1.807, 2.05) is 4.68 Å². The zero-order valence-corrected chi connectivity index (χ0v) is 22.9. The van der Waals surface area contributed by atoms with Crippen LogP contribution in [0.4, 0.5) is 0 Å². The summed E-state index contributed by atoms with van der Waals surface area (Å²) in [5.41, 5.74) is 8.61. The van der Waals surface area contributed by atoms with E-state index in [1.165, 1.54) is 22.3 Å². The van der Waals surface area contributed by atoms with Crippen molar-refractivity contribution in [2.75, 3.05) is 0 Å². The van der Waals surface area contributed by atoms with Gasteiger partial charge in [0.25, 0.3) is 0 Å². The highest BCUT2D eigenvalue weighted by atomic mass is 15.4. The average molecular weight is 446 g/mol. The fraction of sp³-hybridized carbons (Fsp3) is 0.533. The lowest BCUT2D eigenvalue weighted by Crippen LogP contribution is -2.17. The molecule has 0 fully saturated rings. The first-order chi connectivity index (χ1) is 14.9. The number of hydrogen-bond donors (Lipinski definition) is 0. The van der Waals surface area contributed by atoms with Crippen molar-refractivity contribution in [1.82, 2.24) is 15.0 Å². The van der Waals surface area contributed by atoms with Gasteiger partial charge in [-0.15, -0.1) is 5.10 Å². The van der Waals surface area contributed by atoms with Crippen LogP contribution in [0.3, 0.4) is 0 Å². The zero-order chi connectivity index (χ0) is 25.0. The van der Waals surface area contributed by atoms with Crippen molar-refractivity contribution in [1.29, 1.82) is 0 Å². The molecule has 1 aromatic heterocycles. The van der Waals surface area contributed by atoms with Crippen molar-refractivity contribution in [2.24, 2.45) is 0 Å². The van der Waals surface area contributed by atoms with Gasteiger partial charge in [0.1, 0.15) is 5.69 Å². The average Bonchev–Trinajstić information content (AvgIpc) is 3.15. The number of hydrogen-bond acceptors (Lipinski definition) is 2. The first-order valence-corrected chi connectivity index (χ1v) is 12.1. The van der Waals surface area contributed by atoms with Crippen LogP contribution in [-0.4, -0.2) is 15.0 Å². The second-order valence-electron chi connectivity index (χ2n) is 13.6. The fourth-order valence-corrected chi connectivity index (χ4v) is 3.77. The summed E-state index contributed by atoms with van der Waals surface area (Å²) in [6.07, 6.45) is 2.07. The van der Waals surface area contributed by atoms with Crippen LogP contribution in [0.25, 0.3) is 16.9 Å². The Morgan fingerprint density at radius 2 is 0.879 bits per heavy atom. The van der Waals surface area contributed by atoms with Gasteiger partial charge < -0.3 is 0 Å². The largest absolute Gasteiger partial charge is 0.220 e. The van der Waals surface area contributed by atoms with Crippen molar-refractivity contribution in [3.63, 3.8) is 0 Å². The summed E-state index contributed by atoms with van der Waals surface area (Å²) in [5, 5.41) is 9.17. The minimum atomic E-state index is 0.0576. The maximum atomic E-state index is 4.61. The predicted octanol–water partition coefficient (Wildman–Crippen LogP) is 8.12. The van der Waals surface area contributed by atoms with Gasteiger partial charge in [-0.3, -0.25) is 0 Å². The molecule has 0 saturated heterocycles. The quantitative estimate of drug-likeness (QED) is 0.399. The van der Waals surface area contributed by atoms with E-state index in [2.05, 4.69) is 136 Å². The van der Waals surface area contributed by atoms with Gasteiger partial charge in [-0.05, 0) is 68.2 Å². The molecule has 178 valence electrons. The van der Waals surface area contributed by atoms with Crippen LogP contribution in [-0.2, 0) is 21.7 Å². The molecule has 0 N–H and O–H groups in total. The van der Waals surface area contributed by atoms with E-state index in [0.717, 1.165) is 16.9 Å². The molecule has 0 radical (unpaired) electrons. The smallest absolute Gasteiger partial charge is 0.113 e. The lowest BCUT2D eigenvalue weighted by Gasteiger charge is -2.26. The first-order valence-electron chi connectivity index (χ1n) is 12.1. The first kappa shape index (κ1) is 25.2. The molecule has 0 aliphatic rings. The predicted molar refractivity (Wildman–Crippen MR) is 142 cm³/mol. The Labute approximate surface area is 201 Å². The van der Waals surface area contributed by atoms with E-state index >= 15 is 0 Å². The van der Waals surface area contributed by atoms with Crippen LogP contribution in [0.1, 0.15) is 105 Å². The third kappa shape index (κ3) is 5.75. The maximum Gasteiger partial charge on any atom is 0.113 e. The Kier molecular flexibility index (Phi) is 6.20. The molecular formula is C30H43N3. The number of aromatic nitrogens is 3. The van der Waals surface area contributed by atoms with Gasteiger partial charge in [-0.25, -0.2) is 4.68 Å². The summed E-state index contributed by atoms with van der Waals surface area (Å²) < 4.78 is 1.93. The molecule has 0 atom stereocenters. The molecule has 0 saturated carbocycles. The molecule has 0 aliphatic heterocycles. The molecule has 1 heterocycles. The topological polar surface area (TPSA) is 30.7 Å². The maximum absolute atomic E-state index is 4.61. The summed E-state index contributed by atoms with van der Waals surface area (Å²) in [5.74, 6) is 0. The summed E-state index contributed by atoms with van der Waals surface area (Å²) in [4.78, 5) is 0. The minimum Gasteiger partial charge on any atom is -0.220 e. The van der Waals surface area contributed by atoms with Crippen molar-refractivity contribution >= 4 is 0 Å². The van der Waals surface area contributed by atoms with Crippen molar-refractivity contribution in [2.45, 2.75) is 105 Å². The molecular weight excluding hydrogens is 402 g/mol. The van der Waals surface area contributed by atoms with E-state index in [1.54, 1.807) is 0 Å². The lowest BCUT2D eigenvalue weighted by molar-refractivity contribution is 0.566. The molecule has 0 bridgehead atoms. The molecule has 33 heavy (non-hydrogen) atoms. The lowest BCUT2D eigenvalue weighted by atomic mass is 9.79.